The summed E-state index contributed by atoms with van der Waals surface area (Å²) in [5.41, 5.74) is 0.163. The lowest BCUT2D eigenvalue weighted by Gasteiger charge is -2.06. The Bertz CT molecular complexity index is 1150. The largest absolute Gasteiger partial charge is 0.461 e. The molecule has 0 fully saturated rings. The van der Waals surface area contributed by atoms with Crippen molar-refractivity contribution in [2.45, 2.75) is 19.9 Å². The molecule has 25 heavy (non-hydrogen) atoms. The van der Waals surface area contributed by atoms with Crippen LogP contribution >= 0.6 is 0 Å². The summed E-state index contributed by atoms with van der Waals surface area (Å²) in [6, 6.07) is 6.38. The van der Waals surface area contributed by atoms with Crippen molar-refractivity contribution in [3.8, 4) is 11.6 Å². The summed E-state index contributed by atoms with van der Waals surface area (Å²) in [5, 5.41) is 4.24. The fraction of sp³-hybridized carbons (Fsp3) is 0.176. The average molecular weight is 339 g/mol. The topological polar surface area (TPSA) is 104 Å². The SMILES string of the molecule is Cc1cc(=O)oc2ccn(CCc3nc(-c4ccco4)no3)c(=O)c12. The van der Waals surface area contributed by atoms with Crippen LogP contribution in [0.3, 0.4) is 0 Å². The van der Waals surface area contributed by atoms with Crippen molar-refractivity contribution in [3.63, 3.8) is 0 Å². The third kappa shape index (κ3) is 2.78. The molecule has 0 bridgehead atoms. The highest BCUT2D eigenvalue weighted by molar-refractivity contribution is 5.78. The smallest absolute Gasteiger partial charge is 0.336 e. The molecular formula is C17H13N3O5. The highest BCUT2D eigenvalue weighted by atomic mass is 16.5. The monoisotopic (exact) mass is 339 g/mol. The number of rotatable bonds is 4. The van der Waals surface area contributed by atoms with Gasteiger partial charge in [0.05, 0.1) is 11.6 Å². The van der Waals surface area contributed by atoms with Gasteiger partial charge in [0, 0.05) is 25.2 Å². The van der Waals surface area contributed by atoms with Gasteiger partial charge in [-0.3, -0.25) is 4.79 Å². The van der Waals surface area contributed by atoms with E-state index in [1.54, 1.807) is 31.3 Å². The molecule has 126 valence electrons. The highest BCUT2D eigenvalue weighted by Gasteiger charge is 2.12. The van der Waals surface area contributed by atoms with E-state index in [1.165, 1.54) is 16.9 Å². The van der Waals surface area contributed by atoms with Gasteiger partial charge in [-0.1, -0.05) is 5.16 Å². The van der Waals surface area contributed by atoms with Crippen molar-refractivity contribution in [2.24, 2.45) is 0 Å². The molecule has 0 aliphatic rings. The predicted molar refractivity (Wildman–Crippen MR) is 87.2 cm³/mol. The molecular weight excluding hydrogens is 326 g/mol. The summed E-state index contributed by atoms with van der Waals surface area (Å²) in [7, 11) is 0. The Morgan fingerprint density at radius 1 is 1.24 bits per heavy atom. The second kappa shape index (κ2) is 5.90. The fourth-order valence-corrected chi connectivity index (χ4v) is 2.65. The Morgan fingerprint density at radius 2 is 2.12 bits per heavy atom. The molecule has 4 aromatic heterocycles. The molecule has 0 saturated heterocycles. The van der Waals surface area contributed by atoms with Crippen LogP contribution in [0.15, 0.2) is 59.7 Å². The summed E-state index contributed by atoms with van der Waals surface area (Å²) >= 11 is 0. The van der Waals surface area contributed by atoms with Crippen LogP contribution in [0.1, 0.15) is 11.5 Å². The summed E-state index contributed by atoms with van der Waals surface area (Å²) in [4.78, 5) is 28.2. The maximum absolute atomic E-state index is 12.6. The third-order valence-corrected chi connectivity index (χ3v) is 3.84. The summed E-state index contributed by atoms with van der Waals surface area (Å²) < 4.78 is 17.0. The van der Waals surface area contributed by atoms with Crippen LogP contribution in [0.2, 0.25) is 0 Å². The third-order valence-electron chi connectivity index (χ3n) is 3.84. The van der Waals surface area contributed by atoms with Crippen molar-refractivity contribution < 1.29 is 13.4 Å². The first-order valence-corrected chi connectivity index (χ1v) is 7.62. The number of hydrogen-bond acceptors (Lipinski definition) is 7. The van der Waals surface area contributed by atoms with Crippen LogP contribution in [-0.4, -0.2) is 14.7 Å². The van der Waals surface area contributed by atoms with Crippen LogP contribution in [-0.2, 0) is 13.0 Å². The predicted octanol–water partition coefficient (Wildman–Crippen LogP) is 2.15. The van der Waals surface area contributed by atoms with Crippen LogP contribution in [0.4, 0.5) is 0 Å². The van der Waals surface area contributed by atoms with Gasteiger partial charge in [0.25, 0.3) is 5.56 Å². The Kier molecular flexibility index (Phi) is 3.57. The molecule has 8 heteroatoms. The molecule has 0 aliphatic heterocycles. The van der Waals surface area contributed by atoms with Crippen molar-refractivity contribution in [2.75, 3.05) is 0 Å². The Morgan fingerprint density at radius 3 is 2.92 bits per heavy atom. The van der Waals surface area contributed by atoms with Crippen molar-refractivity contribution >= 4 is 11.0 Å². The number of hydrogen-bond donors (Lipinski definition) is 0. The zero-order valence-electron chi connectivity index (χ0n) is 13.3. The van der Waals surface area contributed by atoms with E-state index < -0.39 is 5.63 Å². The molecule has 4 aromatic rings. The zero-order chi connectivity index (χ0) is 17.4. The van der Waals surface area contributed by atoms with Gasteiger partial charge < -0.3 is 17.9 Å². The molecule has 0 spiro atoms. The zero-order valence-corrected chi connectivity index (χ0v) is 13.3. The lowest BCUT2D eigenvalue weighted by atomic mass is 10.2. The normalized spacial score (nSPS) is 11.2. The first-order chi connectivity index (χ1) is 12.1. The molecule has 0 amide bonds. The molecule has 4 heterocycles. The number of furan rings is 1. The van der Waals surface area contributed by atoms with Gasteiger partial charge in [-0.2, -0.15) is 4.98 Å². The number of aromatic nitrogens is 3. The van der Waals surface area contributed by atoms with Crippen molar-refractivity contribution in [3.05, 3.63) is 69.0 Å². The van der Waals surface area contributed by atoms with Gasteiger partial charge in [0.1, 0.15) is 5.58 Å². The maximum Gasteiger partial charge on any atom is 0.336 e. The van der Waals surface area contributed by atoms with Gasteiger partial charge >= 0.3 is 5.63 Å². The second-order valence-electron chi connectivity index (χ2n) is 5.54. The Hall–Kier alpha value is -3.42. The van der Waals surface area contributed by atoms with E-state index in [0.29, 0.717) is 41.4 Å². The number of nitrogens with zero attached hydrogens (tertiary/aromatic N) is 3. The van der Waals surface area contributed by atoms with Gasteiger partial charge in [-0.25, -0.2) is 4.79 Å². The van der Waals surface area contributed by atoms with Gasteiger partial charge in [0.2, 0.25) is 11.7 Å². The molecule has 0 radical (unpaired) electrons. The van der Waals surface area contributed by atoms with E-state index in [9.17, 15) is 9.59 Å². The van der Waals surface area contributed by atoms with E-state index in [1.807, 2.05) is 0 Å². The molecule has 0 atom stereocenters. The fourth-order valence-electron chi connectivity index (χ4n) is 2.65. The van der Waals surface area contributed by atoms with Gasteiger partial charge in [0.15, 0.2) is 5.76 Å². The standard InChI is InChI=1S/C17H13N3O5/c1-10-9-14(21)24-11-4-6-20(17(22)15(10)11)7-5-13-18-16(19-25-13)12-3-2-8-23-12/h2-4,6,8-9H,5,7H2,1H3. The van der Waals surface area contributed by atoms with Crippen LogP contribution in [0.5, 0.6) is 0 Å². The summed E-state index contributed by atoms with van der Waals surface area (Å²) in [5.74, 6) is 1.28. The minimum atomic E-state index is -0.474. The second-order valence-corrected chi connectivity index (χ2v) is 5.54. The maximum atomic E-state index is 12.6. The van der Waals surface area contributed by atoms with E-state index in [0.717, 1.165) is 0 Å². The van der Waals surface area contributed by atoms with E-state index in [4.69, 9.17) is 13.4 Å². The molecule has 4 rings (SSSR count). The molecule has 0 aromatic carbocycles. The Balaban J connectivity index is 1.60. The van der Waals surface area contributed by atoms with Crippen LogP contribution < -0.4 is 11.2 Å². The molecule has 0 saturated carbocycles. The number of fused-ring (bicyclic) bond motifs is 1. The molecule has 0 aliphatic carbocycles. The van der Waals surface area contributed by atoms with Crippen LogP contribution in [0, 0.1) is 6.92 Å². The van der Waals surface area contributed by atoms with E-state index in [-0.39, 0.29) is 11.1 Å². The van der Waals surface area contributed by atoms with Gasteiger partial charge in [-0.05, 0) is 30.7 Å². The minimum Gasteiger partial charge on any atom is -0.461 e. The molecule has 0 unspecified atom stereocenters. The molecule has 0 N–H and O–H groups in total. The summed E-state index contributed by atoms with van der Waals surface area (Å²) in [6.45, 7) is 2.06. The lowest BCUT2D eigenvalue weighted by molar-refractivity contribution is 0.370. The van der Waals surface area contributed by atoms with Crippen molar-refractivity contribution in [1.82, 2.24) is 14.7 Å². The summed E-state index contributed by atoms with van der Waals surface area (Å²) in [6.07, 6.45) is 3.49. The number of aryl methyl sites for hydroxylation is 3. The van der Waals surface area contributed by atoms with E-state index >= 15 is 0 Å². The quantitative estimate of drug-likeness (QED) is 0.561. The average Bonchev–Trinajstić information content (AvgIpc) is 3.25. The van der Waals surface area contributed by atoms with Crippen LogP contribution in [0.25, 0.3) is 22.6 Å². The van der Waals surface area contributed by atoms with Crippen molar-refractivity contribution in [1.29, 1.82) is 0 Å². The van der Waals surface area contributed by atoms with Gasteiger partial charge in [-0.15, -0.1) is 0 Å². The minimum absolute atomic E-state index is 0.232. The lowest BCUT2D eigenvalue weighted by Crippen LogP contribution is -2.22. The number of pyridine rings is 1. The van der Waals surface area contributed by atoms with E-state index in [2.05, 4.69) is 10.1 Å². The first kappa shape index (κ1) is 15.1. The highest BCUT2D eigenvalue weighted by Crippen LogP contribution is 2.16. The first-order valence-electron chi connectivity index (χ1n) is 7.62. The Labute approximate surface area is 140 Å². The molecule has 8 nitrogen and oxygen atoms in total.